The van der Waals surface area contributed by atoms with Crippen molar-refractivity contribution in [2.75, 3.05) is 5.32 Å². The Labute approximate surface area is 151 Å². The third kappa shape index (κ3) is 2.67. The SMILES string of the molecule is Fc1cccc(Cl)c1[C@H]1C[C@@H](c2cccc(Br)c2)Nc2nnnn21. The van der Waals surface area contributed by atoms with E-state index < -0.39 is 0 Å². The van der Waals surface area contributed by atoms with Gasteiger partial charge in [-0.05, 0) is 46.7 Å². The second-order valence-corrected chi connectivity index (χ2v) is 6.91. The molecule has 0 amide bonds. The molecule has 4 rings (SSSR count). The highest BCUT2D eigenvalue weighted by Crippen LogP contribution is 2.40. The smallest absolute Gasteiger partial charge is 0.243 e. The predicted molar refractivity (Wildman–Crippen MR) is 92.5 cm³/mol. The third-order valence-corrected chi connectivity index (χ3v) is 4.96. The van der Waals surface area contributed by atoms with E-state index in [0.717, 1.165) is 10.0 Å². The van der Waals surface area contributed by atoms with Crippen molar-refractivity contribution >= 4 is 33.5 Å². The van der Waals surface area contributed by atoms with Crippen molar-refractivity contribution in [3.05, 3.63) is 68.9 Å². The fraction of sp³-hybridized carbons (Fsp3) is 0.188. The maximum absolute atomic E-state index is 14.4. The Morgan fingerprint density at radius 3 is 2.88 bits per heavy atom. The maximum Gasteiger partial charge on any atom is 0.243 e. The Hall–Kier alpha value is -1.99. The second-order valence-electron chi connectivity index (χ2n) is 5.59. The van der Waals surface area contributed by atoms with E-state index in [-0.39, 0.29) is 17.9 Å². The number of nitrogens with zero attached hydrogens (tertiary/aromatic N) is 4. The van der Waals surface area contributed by atoms with Crippen molar-refractivity contribution in [3.63, 3.8) is 0 Å². The largest absolute Gasteiger partial charge is 0.346 e. The van der Waals surface area contributed by atoms with Gasteiger partial charge in [0.2, 0.25) is 5.95 Å². The summed E-state index contributed by atoms with van der Waals surface area (Å²) in [7, 11) is 0. The summed E-state index contributed by atoms with van der Waals surface area (Å²) in [5.74, 6) is 0.138. The van der Waals surface area contributed by atoms with Gasteiger partial charge in [0.05, 0.1) is 12.1 Å². The normalized spacial score (nSPS) is 19.6. The summed E-state index contributed by atoms with van der Waals surface area (Å²) in [6.07, 6.45) is 0.579. The van der Waals surface area contributed by atoms with Crippen LogP contribution in [0.2, 0.25) is 5.02 Å². The van der Waals surface area contributed by atoms with E-state index >= 15 is 0 Å². The van der Waals surface area contributed by atoms with Gasteiger partial charge in [-0.1, -0.05) is 50.8 Å². The third-order valence-electron chi connectivity index (χ3n) is 4.13. The Bertz CT molecular complexity index is 879. The lowest BCUT2D eigenvalue weighted by molar-refractivity contribution is 0.409. The fourth-order valence-corrected chi connectivity index (χ4v) is 3.75. The minimum absolute atomic E-state index is 0.0540. The van der Waals surface area contributed by atoms with E-state index in [1.807, 2.05) is 24.3 Å². The lowest BCUT2D eigenvalue weighted by Crippen LogP contribution is -2.28. The van der Waals surface area contributed by atoms with E-state index in [0.29, 0.717) is 23.0 Å². The van der Waals surface area contributed by atoms with Gasteiger partial charge in [-0.25, -0.2) is 9.07 Å². The minimum atomic E-state index is -0.381. The molecular formula is C16H12BrClFN5. The molecule has 1 aromatic heterocycles. The molecule has 2 heterocycles. The summed E-state index contributed by atoms with van der Waals surface area (Å²) in [6.45, 7) is 0. The molecule has 1 N–H and O–H groups in total. The number of rotatable bonds is 2. The molecule has 0 aliphatic carbocycles. The quantitative estimate of drug-likeness (QED) is 0.684. The monoisotopic (exact) mass is 407 g/mol. The first-order chi connectivity index (χ1) is 11.6. The summed E-state index contributed by atoms with van der Waals surface area (Å²) >= 11 is 9.75. The van der Waals surface area contributed by atoms with Gasteiger partial charge < -0.3 is 5.32 Å². The highest BCUT2D eigenvalue weighted by atomic mass is 79.9. The number of hydrogen-bond donors (Lipinski definition) is 1. The maximum atomic E-state index is 14.4. The molecule has 24 heavy (non-hydrogen) atoms. The van der Waals surface area contributed by atoms with E-state index in [1.54, 1.807) is 16.8 Å². The van der Waals surface area contributed by atoms with Crippen molar-refractivity contribution in [1.82, 2.24) is 20.2 Å². The number of fused-ring (bicyclic) bond motifs is 1. The Morgan fingerprint density at radius 1 is 1.25 bits per heavy atom. The fourth-order valence-electron chi connectivity index (χ4n) is 3.05. The van der Waals surface area contributed by atoms with E-state index in [1.165, 1.54) is 6.07 Å². The molecular weight excluding hydrogens is 397 g/mol. The number of hydrogen-bond acceptors (Lipinski definition) is 4. The van der Waals surface area contributed by atoms with Crippen LogP contribution in [0.3, 0.4) is 0 Å². The average molecular weight is 409 g/mol. The molecule has 0 radical (unpaired) electrons. The van der Waals surface area contributed by atoms with Crippen molar-refractivity contribution < 1.29 is 4.39 Å². The molecule has 0 spiro atoms. The Morgan fingerprint density at radius 2 is 2.08 bits per heavy atom. The first-order valence-electron chi connectivity index (χ1n) is 7.37. The Kier molecular flexibility index (Phi) is 3.97. The molecule has 5 nitrogen and oxygen atoms in total. The summed E-state index contributed by atoms with van der Waals surface area (Å²) in [5.41, 5.74) is 1.48. The van der Waals surface area contributed by atoms with Crippen LogP contribution in [-0.2, 0) is 0 Å². The van der Waals surface area contributed by atoms with Crippen LogP contribution in [0.5, 0.6) is 0 Å². The molecule has 1 aliphatic heterocycles. The van der Waals surface area contributed by atoms with E-state index in [4.69, 9.17) is 11.6 Å². The van der Waals surface area contributed by atoms with Crippen LogP contribution in [0.25, 0.3) is 0 Å². The molecule has 2 atom stereocenters. The van der Waals surface area contributed by atoms with Crippen molar-refractivity contribution in [1.29, 1.82) is 0 Å². The van der Waals surface area contributed by atoms with Gasteiger partial charge in [-0.15, -0.1) is 0 Å². The number of tetrazole rings is 1. The molecule has 0 saturated heterocycles. The van der Waals surface area contributed by atoms with Gasteiger partial charge in [0.15, 0.2) is 0 Å². The lowest BCUT2D eigenvalue weighted by Gasteiger charge is -2.31. The van der Waals surface area contributed by atoms with Gasteiger partial charge in [0, 0.05) is 15.1 Å². The highest BCUT2D eigenvalue weighted by Gasteiger charge is 2.33. The zero-order chi connectivity index (χ0) is 16.7. The zero-order valence-corrected chi connectivity index (χ0v) is 14.7. The predicted octanol–water partition coefficient (Wildman–Crippen LogP) is 4.37. The molecule has 0 bridgehead atoms. The molecule has 0 fully saturated rings. The summed E-state index contributed by atoms with van der Waals surface area (Å²) in [4.78, 5) is 0. The molecule has 0 unspecified atom stereocenters. The second kappa shape index (κ2) is 6.14. The lowest BCUT2D eigenvalue weighted by atomic mass is 9.93. The number of aromatic nitrogens is 4. The molecule has 2 aromatic carbocycles. The molecule has 122 valence electrons. The summed E-state index contributed by atoms with van der Waals surface area (Å²) < 4.78 is 17.0. The number of halogens is 3. The summed E-state index contributed by atoms with van der Waals surface area (Å²) in [5, 5.41) is 15.4. The van der Waals surface area contributed by atoms with Crippen LogP contribution >= 0.6 is 27.5 Å². The van der Waals surface area contributed by atoms with Gasteiger partial charge in [-0.2, -0.15) is 0 Å². The van der Waals surface area contributed by atoms with E-state index in [9.17, 15) is 4.39 Å². The van der Waals surface area contributed by atoms with Crippen molar-refractivity contribution in [2.24, 2.45) is 0 Å². The molecule has 1 aliphatic rings. The molecule has 3 aromatic rings. The van der Waals surface area contributed by atoms with Gasteiger partial charge >= 0.3 is 0 Å². The first kappa shape index (κ1) is 15.5. The summed E-state index contributed by atoms with van der Waals surface area (Å²) in [6, 6.07) is 12.2. The van der Waals surface area contributed by atoms with Crippen LogP contribution in [0.1, 0.15) is 29.6 Å². The number of anilines is 1. The van der Waals surface area contributed by atoms with Crippen molar-refractivity contribution in [3.8, 4) is 0 Å². The van der Waals surface area contributed by atoms with Crippen LogP contribution in [0.15, 0.2) is 46.9 Å². The standard InChI is InChI=1S/C16H12BrClFN5/c17-10-4-1-3-9(7-10)13-8-14(24-16(20-13)21-22-23-24)15-11(18)5-2-6-12(15)19/h1-7,13-14H,8H2,(H,20,21,23)/t13-,14+/m0/s1. The molecule has 0 saturated carbocycles. The van der Waals surface area contributed by atoms with Crippen LogP contribution < -0.4 is 5.32 Å². The van der Waals surface area contributed by atoms with Gasteiger partial charge in [0.25, 0.3) is 0 Å². The average Bonchev–Trinajstić information content (AvgIpc) is 3.03. The Balaban J connectivity index is 1.80. The van der Waals surface area contributed by atoms with Gasteiger partial charge in [0.1, 0.15) is 5.82 Å². The minimum Gasteiger partial charge on any atom is -0.346 e. The first-order valence-corrected chi connectivity index (χ1v) is 8.54. The number of benzene rings is 2. The van der Waals surface area contributed by atoms with E-state index in [2.05, 4.69) is 36.8 Å². The highest BCUT2D eigenvalue weighted by molar-refractivity contribution is 9.10. The van der Waals surface area contributed by atoms with Crippen LogP contribution in [0, 0.1) is 5.82 Å². The number of nitrogens with one attached hydrogen (secondary N) is 1. The molecule has 8 heteroatoms. The van der Waals surface area contributed by atoms with Gasteiger partial charge in [-0.3, -0.25) is 0 Å². The van der Waals surface area contributed by atoms with Crippen LogP contribution in [0.4, 0.5) is 10.3 Å². The van der Waals surface area contributed by atoms with Crippen LogP contribution in [-0.4, -0.2) is 20.2 Å². The topological polar surface area (TPSA) is 55.6 Å². The van der Waals surface area contributed by atoms with Crippen molar-refractivity contribution in [2.45, 2.75) is 18.5 Å². The zero-order valence-electron chi connectivity index (χ0n) is 12.3.